The molecule has 0 radical (unpaired) electrons. The Balaban J connectivity index is 1.58. The van der Waals surface area contributed by atoms with Crippen LogP contribution in [0, 0.1) is 17.0 Å². The molecule has 1 aliphatic heterocycles. The highest BCUT2D eigenvalue weighted by molar-refractivity contribution is 7.92. The first-order chi connectivity index (χ1) is 14.6. The Morgan fingerprint density at radius 2 is 1.94 bits per heavy atom. The second-order valence-electron chi connectivity index (χ2n) is 7.13. The summed E-state index contributed by atoms with van der Waals surface area (Å²) < 4.78 is 36.2. The maximum atomic E-state index is 12.3. The van der Waals surface area contributed by atoms with E-state index in [0.717, 1.165) is 16.1 Å². The second-order valence-corrected chi connectivity index (χ2v) is 9.04. The van der Waals surface area contributed by atoms with Crippen LogP contribution in [0.4, 0.5) is 11.4 Å². The van der Waals surface area contributed by atoms with Crippen LogP contribution >= 0.6 is 0 Å². The number of hydrogen-bond donors (Lipinski definition) is 1. The van der Waals surface area contributed by atoms with Crippen molar-refractivity contribution in [2.75, 3.05) is 23.9 Å². The number of amides is 1. The molecule has 0 aliphatic carbocycles. The van der Waals surface area contributed by atoms with Gasteiger partial charge in [-0.2, -0.15) is 0 Å². The molecular weight excluding hydrogens is 426 g/mol. The van der Waals surface area contributed by atoms with Crippen molar-refractivity contribution < 1.29 is 27.6 Å². The minimum absolute atomic E-state index is 0.0261. The molecule has 1 heterocycles. The summed E-state index contributed by atoms with van der Waals surface area (Å²) in [6.07, 6.45) is 1.39. The van der Waals surface area contributed by atoms with E-state index in [1.807, 2.05) is 6.07 Å². The number of non-ortho nitro benzene ring substituents is 1. The zero-order valence-electron chi connectivity index (χ0n) is 17.2. The molecule has 2 aromatic carbocycles. The molecule has 166 valence electrons. The first-order valence-corrected chi connectivity index (χ1v) is 11.4. The highest BCUT2D eigenvalue weighted by Gasteiger charge is 2.22. The van der Waals surface area contributed by atoms with Crippen molar-refractivity contribution in [2.24, 2.45) is 0 Å². The standard InChI is InChI=1S/C20H23N3O7S/c1-14-5-7-16(23(25)26)11-17(14)22(31(2,27)28)9-3-4-20(24)21-12-15-6-8-18-19(10-15)30-13-29-18/h5-8,10-11H,3-4,9,12-13H2,1-2H3,(H,21,24). The molecule has 0 unspecified atom stereocenters. The number of nitro benzene ring substituents is 1. The lowest BCUT2D eigenvalue weighted by Crippen LogP contribution is -2.32. The lowest BCUT2D eigenvalue weighted by molar-refractivity contribution is -0.384. The van der Waals surface area contributed by atoms with Crippen molar-refractivity contribution in [3.05, 3.63) is 57.6 Å². The summed E-state index contributed by atoms with van der Waals surface area (Å²) in [4.78, 5) is 22.7. The van der Waals surface area contributed by atoms with Crippen LogP contribution in [0.3, 0.4) is 0 Å². The van der Waals surface area contributed by atoms with Gasteiger partial charge in [-0.15, -0.1) is 0 Å². The number of aryl methyl sites for hydroxylation is 1. The smallest absolute Gasteiger partial charge is 0.271 e. The van der Waals surface area contributed by atoms with E-state index >= 15 is 0 Å². The van der Waals surface area contributed by atoms with E-state index in [-0.39, 0.29) is 43.5 Å². The molecule has 3 rings (SSSR count). The van der Waals surface area contributed by atoms with Gasteiger partial charge in [0.25, 0.3) is 5.69 Å². The summed E-state index contributed by atoms with van der Waals surface area (Å²) in [5.41, 5.74) is 1.47. The monoisotopic (exact) mass is 449 g/mol. The maximum absolute atomic E-state index is 12.3. The van der Waals surface area contributed by atoms with Crippen molar-refractivity contribution in [1.82, 2.24) is 5.32 Å². The average Bonchev–Trinajstić information content (AvgIpc) is 3.17. The fraction of sp³-hybridized carbons (Fsp3) is 0.350. The van der Waals surface area contributed by atoms with Crippen LogP contribution in [0.1, 0.15) is 24.0 Å². The van der Waals surface area contributed by atoms with E-state index in [9.17, 15) is 23.3 Å². The Bertz CT molecular complexity index is 1100. The number of nitrogens with zero attached hydrogens (tertiary/aromatic N) is 2. The molecule has 11 heteroatoms. The Kier molecular flexibility index (Phi) is 6.64. The molecular formula is C20H23N3O7S. The second kappa shape index (κ2) is 9.21. The number of carbonyl (C=O) groups excluding carboxylic acids is 1. The zero-order chi connectivity index (χ0) is 22.6. The number of anilines is 1. The summed E-state index contributed by atoms with van der Waals surface area (Å²) in [5, 5.41) is 13.8. The Morgan fingerprint density at radius 1 is 1.19 bits per heavy atom. The third kappa shape index (κ3) is 5.63. The number of sulfonamides is 1. The SMILES string of the molecule is Cc1ccc([N+](=O)[O-])cc1N(CCCC(=O)NCc1ccc2c(c1)OCO2)S(C)(=O)=O. The van der Waals surface area contributed by atoms with Gasteiger partial charge in [0.15, 0.2) is 11.5 Å². The Morgan fingerprint density at radius 3 is 2.65 bits per heavy atom. The molecule has 0 fully saturated rings. The first-order valence-electron chi connectivity index (χ1n) is 9.53. The van der Waals surface area contributed by atoms with Crippen LogP contribution < -0.4 is 19.1 Å². The van der Waals surface area contributed by atoms with E-state index in [4.69, 9.17) is 9.47 Å². The van der Waals surface area contributed by atoms with E-state index in [1.165, 1.54) is 18.2 Å². The molecule has 1 amide bonds. The van der Waals surface area contributed by atoms with Gasteiger partial charge >= 0.3 is 0 Å². The highest BCUT2D eigenvalue weighted by atomic mass is 32.2. The van der Waals surface area contributed by atoms with Crippen molar-refractivity contribution in [3.8, 4) is 11.5 Å². The largest absolute Gasteiger partial charge is 0.454 e. The number of benzene rings is 2. The van der Waals surface area contributed by atoms with Crippen molar-refractivity contribution in [2.45, 2.75) is 26.3 Å². The third-order valence-corrected chi connectivity index (χ3v) is 5.94. The Hall–Kier alpha value is -3.34. The van der Waals surface area contributed by atoms with Gasteiger partial charge in [-0.1, -0.05) is 12.1 Å². The predicted molar refractivity (Wildman–Crippen MR) is 114 cm³/mol. The fourth-order valence-corrected chi connectivity index (χ4v) is 4.18. The molecule has 0 atom stereocenters. The zero-order valence-corrected chi connectivity index (χ0v) is 18.0. The molecule has 0 saturated heterocycles. The molecule has 0 aromatic heterocycles. The quantitative estimate of drug-likeness (QED) is 0.460. The number of rotatable bonds is 9. The fourth-order valence-electron chi connectivity index (χ4n) is 3.17. The minimum Gasteiger partial charge on any atom is -0.454 e. The van der Waals surface area contributed by atoms with Gasteiger partial charge in [-0.3, -0.25) is 19.2 Å². The lowest BCUT2D eigenvalue weighted by atomic mass is 10.1. The number of carbonyl (C=O) groups is 1. The van der Waals surface area contributed by atoms with E-state index < -0.39 is 14.9 Å². The van der Waals surface area contributed by atoms with Gasteiger partial charge in [0, 0.05) is 31.6 Å². The number of fused-ring (bicyclic) bond motifs is 1. The van der Waals surface area contributed by atoms with Crippen molar-refractivity contribution >= 4 is 27.3 Å². The molecule has 0 bridgehead atoms. The predicted octanol–water partition coefficient (Wildman–Crippen LogP) is 2.49. The van der Waals surface area contributed by atoms with Crippen LogP contribution in [0.15, 0.2) is 36.4 Å². The number of nitrogens with one attached hydrogen (secondary N) is 1. The van der Waals surface area contributed by atoms with Crippen LogP contribution in [0.5, 0.6) is 11.5 Å². The van der Waals surface area contributed by atoms with Crippen LogP contribution in [0.2, 0.25) is 0 Å². The molecule has 2 aromatic rings. The topological polar surface area (TPSA) is 128 Å². The van der Waals surface area contributed by atoms with Crippen molar-refractivity contribution in [3.63, 3.8) is 0 Å². The average molecular weight is 449 g/mol. The van der Waals surface area contributed by atoms with Gasteiger partial charge in [0.2, 0.25) is 22.7 Å². The van der Waals surface area contributed by atoms with Gasteiger partial charge < -0.3 is 14.8 Å². The van der Waals surface area contributed by atoms with E-state index in [1.54, 1.807) is 19.1 Å². The molecule has 10 nitrogen and oxygen atoms in total. The number of hydrogen-bond acceptors (Lipinski definition) is 7. The Labute approximate surface area is 180 Å². The van der Waals surface area contributed by atoms with Gasteiger partial charge in [-0.25, -0.2) is 8.42 Å². The van der Waals surface area contributed by atoms with Crippen LogP contribution in [0.25, 0.3) is 0 Å². The number of ether oxygens (including phenoxy) is 2. The van der Waals surface area contributed by atoms with Gasteiger partial charge in [0.1, 0.15) is 0 Å². The summed E-state index contributed by atoms with van der Waals surface area (Å²) >= 11 is 0. The third-order valence-electron chi connectivity index (χ3n) is 4.76. The van der Waals surface area contributed by atoms with Gasteiger partial charge in [-0.05, 0) is 36.6 Å². The van der Waals surface area contributed by atoms with Crippen LogP contribution in [-0.2, 0) is 21.4 Å². The lowest BCUT2D eigenvalue weighted by Gasteiger charge is -2.24. The van der Waals surface area contributed by atoms with Crippen LogP contribution in [-0.4, -0.2) is 38.8 Å². The van der Waals surface area contributed by atoms with Crippen molar-refractivity contribution in [1.29, 1.82) is 0 Å². The first kappa shape index (κ1) is 22.3. The normalized spacial score (nSPS) is 12.5. The molecule has 0 saturated carbocycles. The molecule has 1 aliphatic rings. The van der Waals surface area contributed by atoms with E-state index in [2.05, 4.69) is 5.32 Å². The molecule has 31 heavy (non-hydrogen) atoms. The van der Waals surface area contributed by atoms with Gasteiger partial charge in [0.05, 0.1) is 16.9 Å². The number of nitro groups is 1. The highest BCUT2D eigenvalue weighted by Crippen LogP contribution is 2.32. The summed E-state index contributed by atoms with van der Waals surface area (Å²) in [6.45, 7) is 2.18. The summed E-state index contributed by atoms with van der Waals surface area (Å²) in [7, 11) is -3.69. The molecule has 0 spiro atoms. The molecule has 1 N–H and O–H groups in total. The minimum atomic E-state index is -3.69. The summed E-state index contributed by atoms with van der Waals surface area (Å²) in [6, 6.07) is 9.45. The van der Waals surface area contributed by atoms with E-state index in [0.29, 0.717) is 23.6 Å². The maximum Gasteiger partial charge on any atom is 0.271 e. The summed E-state index contributed by atoms with van der Waals surface area (Å²) in [5.74, 6) is 1.05.